The smallest absolute Gasteiger partial charge is 0.221 e. The Hall–Kier alpha value is -1.98. The first-order valence-electron chi connectivity index (χ1n) is 10.7. The van der Waals surface area contributed by atoms with Crippen molar-refractivity contribution in [3.63, 3.8) is 0 Å². The summed E-state index contributed by atoms with van der Waals surface area (Å²) in [5.74, 6) is 0.711. The van der Waals surface area contributed by atoms with E-state index in [2.05, 4.69) is 29.3 Å². The van der Waals surface area contributed by atoms with Crippen LogP contribution in [0.5, 0.6) is 0 Å². The highest BCUT2D eigenvalue weighted by molar-refractivity contribution is 5.92. The van der Waals surface area contributed by atoms with Gasteiger partial charge in [0.25, 0.3) is 0 Å². The van der Waals surface area contributed by atoms with Gasteiger partial charge in [-0.3, -0.25) is 14.7 Å². The molecule has 1 N–H and O–H groups in total. The van der Waals surface area contributed by atoms with Crippen LogP contribution < -0.4 is 5.32 Å². The second-order valence-corrected chi connectivity index (χ2v) is 8.36. The molecule has 1 aliphatic carbocycles. The zero-order valence-electron chi connectivity index (χ0n) is 17.0. The van der Waals surface area contributed by atoms with Gasteiger partial charge >= 0.3 is 0 Å². The molecule has 1 amide bonds. The van der Waals surface area contributed by atoms with E-state index in [4.69, 9.17) is 9.72 Å². The third-order valence-corrected chi connectivity index (χ3v) is 5.75. The number of anilines is 1. The Bertz CT molecular complexity index is 834. The van der Waals surface area contributed by atoms with E-state index in [-0.39, 0.29) is 5.91 Å². The summed E-state index contributed by atoms with van der Waals surface area (Å²) in [7, 11) is 0. The lowest BCUT2D eigenvalue weighted by Gasteiger charge is -2.38. The maximum atomic E-state index is 11.3. The number of nitrogens with zero attached hydrogens (tertiary/aromatic N) is 2. The predicted octanol–water partition coefficient (Wildman–Crippen LogP) is 4.36. The number of aromatic nitrogens is 1. The van der Waals surface area contributed by atoms with Crippen molar-refractivity contribution in [1.82, 2.24) is 9.88 Å². The molecular formula is C23H31N3O2. The fourth-order valence-corrected chi connectivity index (χ4v) is 4.16. The molecule has 1 aliphatic heterocycles. The van der Waals surface area contributed by atoms with Crippen LogP contribution in [0.2, 0.25) is 0 Å². The second-order valence-electron chi connectivity index (χ2n) is 8.36. The van der Waals surface area contributed by atoms with E-state index in [0.29, 0.717) is 12.2 Å². The van der Waals surface area contributed by atoms with Crippen LogP contribution in [0.3, 0.4) is 0 Å². The number of pyridine rings is 1. The molecule has 1 aromatic carbocycles. The van der Waals surface area contributed by atoms with Crippen LogP contribution in [-0.4, -0.2) is 41.1 Å². The third-order valence-electron chi connectivity index (χ3n) is 5.75. The summed E-state index contributed by atoms with van der Waals surface area (Å²) < 4.78 is 6.40. The van der Waals surface area contributed by atoms with Gasteiger partial charge < -0.3 is 10.1 Å². The molecule has 28 heavy (non-hydrogen) atoms. The molecule has 2 fully saturated rings. The Morgan fingerprint density at radius 1 is 1.25 bits per heavy atom. The second kappa shape index (κ2) is 8.58. The van der Waals surface area contributed by atoms with Gasteiger partial charge in [0.05, 0.1) is 23.4 Å². The van der Waals surface area contributed by atoms with Gasteiger partial charge in [0.1, 0.15) is 0 Å². The monoisotopic (exact) mass is 381 g/mol. The number of carbonyl (C=O) groups excluding carboxylic acids is 1. The van der Waals surface area contributed by atoms with Crippen LogP contribution in [0.15, 0.2) is 30.3 Å². The molecule has 2 atom stereocenters. The summed E-state index contributed by atoms with van der Waals surface area (Å²) >= 11 is 0. The van der Waals surface area contributed by atoms with Crippen molar-refractivity contribution in [2.45, 2.75) is 64.7 Å². The summed E-state index contributed by atoms with van der Waals surface area (Å²) in [6.07, 6.45) is 7.03. The Kier molecular flexibility index (Phi) is 5.93. The Morgan fingerprint density at radius 2 is 2.11 bits per heavy atom. The Morgan fingerprint density at radius 3 is 2.86 bits per heavy atom. The average molecular weight is 382 g/mol. The van der Waals surface area contributed by atoms with E-state index in [9.17, 15) is 4.79 Å². The number of hydrogen-bond donors (Lipinski definition) is 1. The van der Waals surface area contributed by atoms with Gasteiger partial charge in [-0.25, -0.2) is 0 Å². The molecule has 1 saturated carbocycles. The largest absolute Gasteiger partial charge is 0.372 e. The minimum Gasteiger partial charge on any atom is -0.372 e. The normalized spacial score (nSPS) is 23.1. The zero-order chi connectivity index (χ0) is 19.5. The number of fused-ring (bicyclic) bond motifs is 1. The molecule has 0 unspecified atom stereocenters. The van der Waals surface area contributed by atoms with Crippen LogP contribution in [0.25, 0.3) is 10.9 Å². The van der Waals surface area contributed by atoms with Crippen molar-refractivity contribution in [1.29, 1.82) is 0 Å². The minimum absolute atomic E-state index is 0.0564. The average Bonchev–Trinajstić information content (AvgIpc) is 3.51. The highest BCUT2D eigenvalue weighted by atomic mass is 16.5. The van der Waals surface area contributed by atoms with Crippen LogP contribution in [0, 0.1) is 5.92 Å². The molecule has 150 valence electrons. The topological polar surface area (TPSA) is 54.5 Å². The fourth-order valence-electron chi connectivity index (χ4n) is 4.16. The van der Waals surface area contributed by atoms with Crippen LogP contribution in [0.1, 0.15) is 51.6 Å². The first-order valence-corrected chi connectivity index (χ1v) is 10.7. The van der Waals surface area contributed by atoms with E-state index in [1.807, 2.05) is 18.2 Å². The molecule has 5 nitrogen and oxygen atoms in total. The maximum Gasteiger partial charge on any atom is 0.221 e. The van der Waals surface area contributed by atoms with Gasteiger partial charge in [-0.05, 0) is 49.4 Å². The number of ether oxygens (including phenoxy) is 1. The number of carbonyl (C=O) groups is 1. The van der Waals surface area contributed by atoms with Crippen molar-refractivity contribution in [3.05, 3.63) is 36.0 Å². The number of rotatable bonds is 7. The SMILES string of the molecule is CCCC[C@@H]1CN(Cc2ccc3cc(NC(C)=O)ccc3n2)C[C@H](C2CC2)O1. The third kappa shape index (κ3) is 4.89. The molecule has 0 bridgehead atoms. The quantitative estimate of drug-likeness (QED) is 0.774. The molecule has 0 spiro atoms. The van der Waals surface area contributed by atoms with Crippen molar-refractivity contribution in [2.24, 2.45) is 5.92 Å². The predicted molar refractivity (Wildman–Crippen MR) is 112 cm³/mol. The van der Waals surface area contributed by atoms with E-state index in [0.717, 1.165) is 54.3 Å². The van der Waals surface area contributed by atoms with E-state index < -0.39 is 0 Å². The fraction of sp³-hybridized carbons (Fsp3) is 0.565. The van der Waals surface area contributed by atoms with Crippen molar-refractivity contribution in [3.8, 4) is 0 Å². The Balaban J connectivity index is 1.45. The zero-order valence-corrected chi connectivity index (χ0v) is 17.0. The molecule has 1 saturated heterocycles. The summed E-state index contributed by atoms with van der Waals surface area (Å²) in [5.41, 5.74) is 2.89. The van der Waals surface area contributed by atoms with Gasteiger partial charge in [0.15, 0.2) is 0 Å². The number of benzene rings is 1. The van der Waals surface area contributed by atoms with Crippen LogP contribution >= 0.6 is 0 Å². The molecular weight excluding hydrogens is 350 g/mol. The number of amides is 1. The molecule has 1 aromatic heterocycles. The molecule has 2 aromatic rings. The van der Waals surface area contributed by atoms with Crippen molar-refractivity contribution < 1.29 is 9.53 Å². The van der Waals surface area contributed by atoms with Crippen molar-refractivity contribution >= 4 is 22.5 Å². The van der Waals surface area contributed by atoms with E-state index in [1.165, 1.54) is 32.6 Å². The lowest BCUT2D eigenvalue weighted by Crippen LogP contribution is -2.48. The lowest BCUT2D eigenvalue weighted by atomic mass is 10.1. The van der Waals surface area contributed by atoms with Gasteiger partial charge in [0.2, 0.25) is 5.91 Å². The van der Waals surface area contributed by atoms with Crippen molar-refractivity contribution in [2.75, 3.05) is 18.4 Å². The first-order chi connectivity index (χ1) is 13.6. The van der Waals surface area contributed by atoms with Gasteiger partial charge in [-0.1, -0.05) is 25.8 Å². The van der Waals surface area contributed by atoms with E-state index >= 15 is 0 Å². The Labute approximate surface area is 167 Å². The number of morpholine rings is 1. The highest BCUT2D eigenvalue weighted by Crippen LogP contribution is 2.37. The summed E-state index contributed by atoms with van der Waals surface area (Å²) in [4.78, 5) is 18.7. The lowest BCUT2D eigenvalue weighted by molar-refractivity contribution is -0.114. The molecule has 2 aliphatic rings. The minimum atomic E-state index is -0.0564. The molecule has 0 radical (unpaired) electrons. The number of nitrogens with one attached hydrogen (secondary N) is 1. The maximum absolute atomic E-state index is 11.3. The molecule has 5 heteroatoms. The number of unbranched alkanes of at least 4 members (excludes halogenated alkanes) is 1. The summed E-state index contributed by atoms with van der Waals surface area (Å²) in [6, 6.07) is 10.1. The first kappa shape index (κ1) is 19.3. The van der Waals surface area contributed by atoms with Gasteiger partial charge in [-0.15, -0.1) is 0 Å². The summed E-state index contributed by atoms with van der Waals surface area (Å²) in [6.45, 7) is 6.67. The van der Waals surface area contributed by atoms with E-state index in [1.54, 1.807) is 0 Å². The van der Waals surface area contributed by atoms with Crippen LogP contribution in [0.4, 0.5) is 5.69 Å². The molecule has 4 rings (SSSR count). The highest BCUT2D eigenvalue weighted by Gasteiger charge is 2.38. The molecule has 2 heterocycles. The summed E-state index contributed by atoms with van der Waals surface area (Å²) in [5, 5.41) is 3.88. The van der Waals surface area contributed by atoms with Crippen LogP contribution in [-0.2, 0) is 16.1 Å². The number of hydrogen-bond acceptors (Lipinski definition) is 4. The van der Waals surface area contributed by atoms with Gasteiger partial charge in [-0.2, -0.15) is 0 Å². The standard InChI is InChI=1S/C23H31N3O2/c1-3-4-5-21-14-26(15-23(28-21)17-6-7-17)13-20-9-8-18-12-19(24-16(2)27)10-11-22(18)25-20/h8-12,17,21,23H,3-7,13-15H2,1-2H3,(H,24,27)/t21-,23-/m1/s1. The van der Waals surface area contributed by atoms with Gasteiger partial charge in [0, 0.05) is 37.6 Å².